The average molecular weight is 800 g/mol. The third-order valence-corrected chi connectivity index (χ3v) is 150. The minimum absolute atomic E-state index is 0.919. The molecule has 10 heteroatoms. The molecule has 3 aromatic carbocycles. The van der Waals surface area contributed by atoms with Crippen LogP contribution in [0.3, 0.4) is 0 Å². The van der Waals surface area contributed by atoms with E-state index >= 15 is 0 Å². The highest BCUT2D eigenvalue weighted by molar-refractivity contribution is 7.92. The number of furan rings is 2. The maximum Gasteiger partial charge on any atom is 0.134 e. The summed E-state index contributed by atoms with van der Waals surface area (Å²) in [6.45, 7) is 43.5. The highest BCUT2D eigenvalue weighted by Gasteiger charge is 2.62. The Labute approximate surface area is 310 Å². The van der Waals surface area contributed by atoms with E-state index in [1.807, 2.05) is 12.5 Å². The second kappa shape index (κ2) is 12.3. The lowest BCUT2D eigenvalue weighted by Crippen LogP contribution is -2.82. The summed E-state index contributed by atoms with van der Waals surface area (Å²) >= 11 is 0. The number of hydrogen-bond acceptors (Lipinski definition) is 2. The van der Waals surface area contributed by atoms with Gasteiger partial charge in [-0.15, -0.1) is 11.1 Å². The van der Waals surface area contributed by atoms with E-state index in [-0.39, 0.29) is 0 Å². The van der Waals surface area contributed by atoms with E-state index in [1.54, 1.807) is 0 Å². The van der Waals surface area contributed by atoms with Crippen molar-refractivity contribution in [3.63, 3.8) is 0 Å². The molecule has 50 heavy (non-hydrogen) atoms. The van der Waals surface area contributed by atoms with Crippen LogP contribution in [0.5, 0.6) is 0 Å². The van der Waals surface area contributed by atoms with Crippen molar-refractivity contribution in [1.29, 1.82) is 0 Å². The molecule has 0 aliphatic heterocycles. The second-order valence-electron chi connectivity index (χ2n) is 21.0. The van der Waals surface area contributed by atoms with Crippen molar-refractivity contribution >= 4 is 102 Å². The molecule has 0 aliphatic rings. The van der Waals surface area contributed by atoms with Crippen molar-refractivity contribution in [2.45, 2.75) is 118 Å². The van der Waals surface area contributed by atoms with Crippen LogP contribution in [-0.2, 0) is 0 Å². The molecule has 0 amide bonds. The van der Waals surface area contributed by atoms with Gasteiger partial charge in [0.25, 0.3) is 0 Å². The molecule has 5 rings (SSSR count). The van der Waals surface area contributed by atoms with Crippen LogP contribution < -0.4 is 0 Å². The molecule has 0 atom stereocenters. The van der Waals surface area contributed by atoms with Crippen molar-refractivity contribution in [3.05, 3.63) is 60.1 Å². The van der Waals surface area contributed by atoms with Gasteiger partial charge in [-0.3, -0.25) is 0 Å². The fraction of sp³-hybridized carbons (Fsp3) is 0.450. The first-order chi connectivity index (χ1) is 22.6. The predicted molar refractivity (Wildman–Crippen MR) is 246 cm³/mol. The Kier molecular flexibility index (Phi) is 9.70. The summed E-state index contributed by atoms with van der Waals surface area (Å²) < 4.78 is 12.2. The molecule has 2 nitrogen and oxygen atoms in total. The van der Waals surface area contributed by atoms with E-state index in [1.165, 1.54) is 21.5 Å². The van der Waals surface area contributed by atoms with Crippen LogP contribution in [0.2, 0.25) is 118 Å². The van der Waals surface area contributed by atoms with E-state index < -0.39 is 58.8 Å². The quantitative estimate of drug-likeness (QED) is 0.0971. The molecule has 0 unspecified atom stereocenters. The molecule has 0 aliphatic carbocycles. The summed E-state index contributed by atoms with van der Waals surface area (Å²) in [7, 11) is -9.67. The van der Waals surface area contributed by atoms with E-state index in [0.717, 1.165) is 33.1 Å². The Bertz CT molecular complexity index is 1930. The van der Waals surface area contributed by atoms with Crippen LogP contribution in [0.25, 0.3) is 43.5 Å². The fourth-order valence-electron chi connectivity index (χ4n) is 11.6. The molecular weight excluding hydrogens is 737 g/mol. The lowest BCUT2D eigenvalue weighted by molar-refractivity contribution is 0.616. The zero-order valence-electron chi connectivity index (χ0n) is 34.4. The van der Waals surface area contributed by atoms with Crippen molar-refractivity contribution in [1.82, 2.24) is 0 Å². The van der Waals surface area contributed by atoms with Gasteiger partial charge in [0, 0.05) is 89.0 Å². The molecule has 2 heterocycles. The van der Waals surface area contributed by atoms with Gasteiger partial charge in [0.05, 0.1) is 12.5 Å². The molecule has 2 aromatic heterocycles. The Hall–Kier alpha value is -1.88. The second-order valence-corrected chi connectivity index (χ2v) is 101. The van der Waals surface area contributed by atoms with Gasteiger partial charge in [0.2, 0.25) is 0 Å². The Balaban J connectivity index is 2.06. The molecule has 5 aromatic rings. The maximum absolute atomic E-state index is 6.10. The molecule has 0 saturated carbocycles. The van der Waals surface area contributed by atoms with E-state index in [2.05, 4.69) is 177 Å². The SMILES string of the molecule is C[Si](C)(C)[Si](C#Cc1c2cc3ccoc3cc2c(C#C[Si]([Si](C)(C)C)([Si](C)(C)C)[Si](C)(C)C)c2cc3ccoc3cc12)([Si](C)(C)C)[Si](C)(C)C. The van der Waals surface area contributed by atoms with Gasteiger partial charge in [-0.2, -0.15) is 0 Å². The summed E-state index contributed by atoms with van der Waals surface area (Å²) in [5.74, 6) is 8.20. The average Bonchev–Trinajstić information content (AvgIpc) is 3.56. The maximum atomic E-state index is 6.10. The largest absolute Gasteiger partial charge is 0.464 e. The molecule has 0 fully saturated rings. The minimum Gasteiger partial charge on any atom is -0.464 e. The van der Waals surface area contributed by atoms with Gasteiger partial charge < -0.3 is 8.83 Å². The Morgan fingerprint density at radius 1 is 0.380 bits per heavy atom. The normalized spacial score (nSPS) is 14.3. The third-order valence-electron chi connectivity index (χ3n) is 11.8. The topological polar surface area (TPSA) is 26.3 Å². The third kappa shape index (κ3) is 6.09. The first kappa shape index (κ1) is 39.3. The molecule has 266 valence electrons. The zero-order chi connectivity index (χ0) is 37.7. The molecular formula is C40H62O2Si8. The van der Waals surface area contributed by atoms with E-state index in [9.17, 15) is 0 Å². The highest BCUT2D eigenvalue weighted by atomic mass is 29.9. The van der Waals surface area contributed by atoms with Crippen LogP contribution in [-0.4, -0.2) is 58.8 Å². The first-order valence-electron chi connectivity index (χ1n) is 18.4. The lowest BCUT2D eigenvalue weighted by atomic mass is 9.91. The standard InChI is InChI=1S/C40H62O2Si8/c1-43(2,3)49(44(4,5)6,45(7,8)9)25-21-33-35-27-31-19-23-42-40(31)30-38(35)34(36-28-32-20-24-41-39(32)29-37(33)36)22-26-50(46(10,11)12,47(13,14)15)48(16,17)18/h19-20,23-24,27-30H,1-18H3. The zero-order valence-corrected chi connectivity index (χ0v) is 42.4. The predicted octanol–water partition coefficient (Wildman–Crippen LogP) is 12.7. The number of benzene rings is 3. The van der Waals surface area contributed by atoms with Gasteiger partial charge in [0.1, 0.15) is 24.4 Å². The molecule has 0 spiro atoms. The Morgan fingerprint density at radius 2 is 0.640 bits per heavy atom. The Morgan fingerprint density at radius 3 is 0.900 bits per heavy atom. The molecule has 0 N–H and O–H groups in total. The first-order valence-corrected chi connectivity index (χ1v) is 49.4. The lowest BCUT2D eigenvalue weighted by Gasteiger charge is -2.53. The smallest absolute Gasteiger partial charge is 0.134 e. The molecule has 0 saturated heterocycles. The summed E-state index contributed by atoms with van der Waals surface area (Å²) in [5, 5.41) is 7.03. The summed E-state index contributed by atoms with van der Waals surface area (Å²) in [6, 6.07) is 13.4. The van der Waals surface area contributed by atoms with Crippen molar-refractivity contribution in [3.8, 4) is 22.9 Å². The van der Waals surface area contributed by atoms with Crippen molar-refractivity contribution < 1.29 is 8.83 Å². The van der Waals surface area contributed by atoms with Crippen molar-refractivity contribution in [2.24, 2.45) is 0 Å². The number of fused-ring (bicyclic) bond motifs is 4. The van der Waals surface area contributed by atoms with Gasteiger partial charge in [-0.25, -0.2) is 0 Å². The highest BCUT2D eigenvalue weighted by Crippen LogP contribution is 2.41. The van der Waals surface area contributed by atoms with Crippen LogP contribution in [0.1, 0.15) is 11.1 Å². The van der Waals surface area contributed by atoms with Crippen LogP contribution >= 0.6 is 0 Å². The molecule has 0 radical (unpaired) electrons. The van der Waals surface area contributed by atoms with Crippen LogP contribution in [0, 0.1) is 22.9 Å². The number of hydrogen-bond donors (Lipinski definition) is 0. The summed E-state index contributed by atoms with van der Waals surface area (Å²) in [4.78, 5) is 0. The van der Waals surface area contributed by atoms with Crippen molar-refractivity contribution in [2.75, 3.05) is 0 Å². The monoisotopic (exact) mass is 798 g/mol. The van der Waals surface area contributed by atoms with Gasteiger partial charge in [-0.1, -0.05) is 130 Å². The van der Waals surface area contributed by atoms with Gasteiger partial charge in [0.15, 0.2) is 0 Å². The summed E-state index contributed by atoms with van der Waals surface area (Å²) in [5.41, 5.74) is 12.9. The van der Waals surface area contributed by atoms with Gasteiger partial charge >= 0.3 is 0 Å². The van der Waals surface area contributed by atoms with Gasteiger partial charge in [-0.05, 0) is 36.4 Å². The summed E-state index contributed by atoms with van der Waals surface area (Å²) in [6.07, 6.45) is 3.65. The molecule has 0 bridgehead atoms. The fourth-order valence-corrected chi connectivity index (χ4v) is 198. The van der Waals surface area contributed by atoms with E-state index in [0.29, 0.717) is 0 Å². The van der Waals surface area contributed by atoms with Crippen LogP contribution in [0.15, 0.2) is 57.8 Å². The minimum atomic E-state index is -1.95. The number of rotatable bonds is 6. The van der Waals surface area contributed by atoms with Crippen LogP contribution in [0.4, 0.5) is 0 Å². The van der Waals surface area contributed by atoms with E-state index in [4.69, 9.17) is 8.83 Å².